The second kappa shape index (κ2) is 5.92. The number of nitrogens with two attached hydrogens (primary N) is 1. The van der Waals surface area contributed by atoms with Crippen molar-refractivity contribution in [3.63, 3.8) is 0 Å². The second-order valence-electron chi connectivity index (χ2n) is 5.06. The molecule has 0 amide bonds. The van der Waals surface area contributed by atoms with Crippen molar-refractivity contribution in [2.24, 2.45) is 12.8 Å². The Morgan fingerprint density at radius 1 is 1.47 bits per heavy atom. The van der Waals surface area contributed by atoms with Crippen LogP contribution in [-0.4, -0.2) is 20.4 Å². The van der Waals surface area contributed by atoms with Crippen molar-refractivity contribution in [3.05, 3.63) is 39.9 Å². The summed E-state index contributed by atoms with van der Waals surface area (Å²) in [6.07, 6.45) is 6.12. The number of rotatable bonds is 5. The van der Waals surface area contributed by atoms with E-state index in [1.807, 2.05) is 18.7 Å². The van der Waals surface area contributed by atoms with Crippen LogP contribution in [0.4, 0.5) is 0 Å². The van der Waals surface area contributed by atoms with Gasteiger partial charge in [0.25, 0.3) is 0 Å². The third-order valence-electron chi connectivity index (χ3n) is 3.20. The predicted molar refractivity (Wildman–Crippen MR) is 81.2 cm³/mol. The van der Waals surface area contributed by atoms with Crippen molar-refractivity contribution in [1.82, 2.24) is 14.3 Å². The molecule has 2 aromatic rings. The van der Waals surface area contributed by atoms with E-state index < -0.39 is 0 Å². The zero-order chi connectivity index (χ0) is 14.0. The van der Waals surface area contributed by atoms with E-state index in [1.165, 1.54) is 11.3 Å². The van der Waals surface area contributed by atoms with E-state index in [0.29, 0.717) is 0 Å². The summed E-state index contributed by atoms with van der Waals surface area (Å²) in [5, 5.41) is 4.52. The summed E-state index contributed by atoms with van der Waals surface area (Å²) >= 11 is 3.65. The van der Waals surface area contributed by atoms with E-state index in [-0.39, 0.29) is 6.04 Å². The molecule has 0 bridgehead atoms. The quantitative estimate of drug-likeness (QED) is 0.918. The summed E-state index contributed by atoms with van der Waals surface area (Å²) in [6.45, 7) is 4.97. The van der Waals surface area contributed by atoms with Crippen LogP contribution in [0.3, 0.4) is 0 Å². The Labute approximate surface area is 122 Å². The molecule has 0 aliphatic heterocycles. The Morgan fingerprint density at radius 2 is 2.21 bits per heavy atom. The number of aryl methyl sites for hydroxylation is 2. The van der Waals surface area contributed by atoms with Crippen molar-refractivity contribution in [1.29, 1.82) is 0 Å². The minimum atomic E-state index is 0.200. The standard InChI is InChI=1S/C14H21BrN4/c1-4-12-14(15)13(18(3)17-12)9-19-6-5-11(8-19)7-10(2)16/h5-6,8,10H,4,7,9,16H2,1-3H3. The highest BCUT2D eigenvalue weighted by Crippen LogP contribution is 2.22. The zero-order valence-corrected chi connectivity index (χ0v) is 13.3. The molecule has 19 heavy (non-hydrogen) atoms. The highest BCUT2D eigenvalue weighted by atomic mass is 79.9. The first kappa shape index (κ1) is 14.3. The largest absolute Gasteiger partial charge is 0.348 e. The van der Waals surface area contributed by atoms with Gasteiger partial charge in [-0.15, -0.1) is 0 Å². The van der Waals surface area contributed by atoms with Crippen LogP contribution >= 0.6 is 15.9 Å². The lowest BCUT2D eigenvalue weighted by Crippen LogP contribution is -2.17. The van der Waals surface area contributed by atoms with Gasteiger partial charge in [-0.1, -0.05) is 6.92 Å². The molecule has 2 heterocycles. The smallest absolute Gasteiger partial charge is 0.0767 e. The van der Waals surface area contributed by atoms with Gasteiger partial charge in [0.2, 0.25) is 0 Å². The van der Waals surface area contributed by atoms with Gasteiger partial charge < -0.3 is 10.3 Å². The summed E-state index contributed by atoms with van der Waals surface area (Å²) < 4.78 is 5.26. The minimum absolute atomic E-state index is 0.200. The lowest BCUT2D eigenvalue weighted by Gasteiger charge is -2.05. The fraction of sp³-hybridized carbons (Fsp3) is 0.500. The van der Waals surface area contributed by atoms with Gasteiger partial charge in [-0.25, -0.2) is 0 Å². The fourth-order valence-corrected chi connectivity index (χ4v) is 2.99. The van der Waals surface area contributed by atoms with E-state index in [0.717, 1.165) is 29.6 Å². The molecule has 1 unspecified atom stereocenters. The molecule has 0 aliphatic rings. The highest BCUT2D eigenvalue weighted by Gasteiger charge is 2.12. The Kier molecular flexibility index (Phi) is 4.47. The van der Waals surface area contributed by atoms with E-state index in [2.05, 4.69) is 51.0 Å². The number of hydrogen-bond acceptors (Lipinski definition) is 2. The van der Waals surface area contributed by atoms with Gasteiger partial charge in [0.15, 0.2) is 0 Å². The molecular formula is C14H21BrN4. The summed E-state index contributed by atoms with van der Waals surface area (Å²) in [6, 6.07) is 2.33. The van der Waals surface area contributed by atoms with Gasteiger partial charge in [0, 0.05) is 25.5 Å². The molecule has 2 N–H and O–H groups in total. The van der Waals surface area contributed by atoms with Gasteiger partial charge in [0.05, 0.1) is 22.4 Å². The molecule has 0 fully saturated rings. The molecule has 2 aromatic heterocycles. The summed E-state index contributed by atoms with van der Waals surface area (Å²) in [7, 11) is 1.99. The maximum atomic E-state index is 5.82. The van der Waals surface area contributed by atoms with Crippen LogP contribution in [0.25, 0.3) is 0 Å². The molecule has 1 atom stereocenters. The van der Waals surface area contributed by atoms with Crippen molar-refractivity contribution >= 4 is 15.9 Å². The lowest BCUT2D eigenvalue weighted by atomic mass is 10.1. The van der Waals surface area contributed by atoms with Gasteiger partial charge in [-0.05, 0) is 47.3 Å². The van der Waals surface area contributed by atoms with E-state index in [4.69, 9.17) is 5.73 Å². The number of hydrogen-bond donors (Lipinski definition) is 1. The van der Waals surface area contributed by atoms with Crippen molar-refractivity contribution < 1.29 is 0 Å². The van der Waals surface area contributed by atoms with Crippen LogP contribution in [0.15, 0.2) is 22.9 Å². The maximum absolute atomic E-state index is 5.82. The molecule has 2 rings (SSSR count). The van der Waals surface area contributed by atoms with E-state index in [1.54, 1.807) is 0 Å². The average molecular weight is 325 g/mol. The first-order valence-electron chi connectivity index (χ1n) is 6.61. The van der Waals surface area contributed by atoms with Crippen molar-refractivity contribution in [2.75, 3.05) is 0 Å². The first-order valence-corrected chi connectivity index (χ1v) is 7.41. The predicted octanol–water partition coefficient (Wildman–Crippen LogP) is 2.48. The summed E-state index contributed by atoms with van der Waals surface area (Å²) in [4.78, 5) is 0. The molecule has 0 aliphatic carbocycles. The number of halogens is 1. The zero-order valence-electron chi connectivity index (χ0n) is 11.7. The number of nitrogens with zero attached hydrogens (tertiary/aromatic N) is 3. The monoisotopic (exact) mass is 324 g/mol. The molecular weight excluding hydrogens is 304 g/mol. The van der Waals surface area contributed by atoms with Crippen LogP contribution < -0.4 is 5.73 Å². The molecule has 0 saturated heterocycles. The molecule has 4 nitrogen and oxygen atoms in total. The van der Waals surface area contributed by atoms with Crippen molar-refractivity contribution in [3.8, 4) is 0 Å². The van der Waals surface area contributed by atoms with Gasteiger partial charge >= 0.3 is 0 Å². The van der Waals surface area contributed by atoms with E-state index >= 15 is 0 Å². The van der Waals surface area contributed by atoms with Gasteiger partial charge in [-0.3, -0.25) is 4.68 Å². The van der Waals surface area contributed by atoms with Crippen LogP contribution in [0.1, 0.15) is 30.8 Å². The first-order chi connectivity index (χ1) is 9.01. The molecule has 104 valence electrons. The normalized spacial score (nSPS) is 12.9. The molecule has 0 saturated carbocycles. The molecule has 5 heteroatoms. The van der Waals surface area contributed by atoms with E-state index in [9.17, 15) is 0 Å². The topological polar surface area (TPSA) is 48.8 Å². The SMILES string of the molecule is CCc1nn(C)c(Cn2ccc(CC(C)N)c2)c1Br. The molecule has 0 spiro atoms. The van der Waals surface area contributed by atoms with Crippen LogP contribution in [0, 0.1) is 0 Å². The average Bonchev–Trinajstić information content (AvgIpc) is 2.88. The Morgan fingerprint density at radius 3 is 2.79 bits per heavy atom. The Bertz CT molecular complexity index is 554. The maximum Gasteiger partial charge on any atom is 0.0767 e. The fourth-order valence-electron chi connectivity index (χ4n) is 2.25. The Hall–Kier alpha value is -1.07. The minimum Gasteiger partial charge on any atom is -0.348 e. The van der Waals surface area contributed by atoms with Crippen LogP contribution in [0.5, 0.6) is 0 Å². The lowest BCUT2D eigenvalue weighted by molar-refractivity contribution is 0.659. The second-order valence-corrected chi connectivity index (χ2v) is 5.85. The van der Waals surface area contributed by atoms with Gasteiger partial charge in [-0.2, -0.15) is 5.10 Å². The Balaban J connectivity index is 2.17. The van der Waals surface area contributed by atoms with Crippen LogP contribution in [0.2, 0.25) is 0 Å². The third-order valence-corrected chi connectivity index (χ3v) is 4.12. The molecule has 0 radical (unpaired) electrons. The summed E-state index contributed by atoms with van der Waals surface area (Å²) in [5.41, 5.74) is 9.41. The number of aromatic nitrogens is 3. The third kappa shape index (κ3) is 3.28. The van der Waals surface area contributed by atoms with Crippen molar-refractivity contribution in [2.45, 2.75) is 39.3 Å². The highest BCUT2D eigenvalue weighted by molar-refractivity contribution is 9.10. The summed E-state index contributed by atoms with van der Waals surface area (Å²) in [5.74, 6) is 0. The molecule has 0 aromatic carbocycles. The van der Waals surface area contributed by atoms with Crippen LogP contribution in [-0.2, 0) is 26.4 Å². The van der Waals surface area contributed by atoms with Gasteiger partial charge in [0.1, 0.15) is 0 Å².